The first-order valence-corrected chi connectivity index (χ1v) is 17.6. The lowest BCUT2D eigenvalue weighted by Gasteiger charge is -2.21. The van der Waals surface area contributed by atoms with E-state index < -0.39 is 0 Å². The zero-order chi connectivity index (χ0) is 27.0. The topological polar surface area (TPSA) is 18.5 Å². The summed E-state index contributed by atoms with van der Waals surface area (Å²) in [6.45, 7) is 10.9. The molecule has 0 aliphatic carbocycles. The molecular formula is C34H54O2S2. The summed E-state index contributed by atoms with van der Waals surface area (Å²) in [5, 5.41) is 6.92. The highest BCUT2D eigenvalue weighted by molar-refractivity contribution is 7.19. The van der Waals surface area contributed by atoms with Crippen molar-refractivity contribution in [3.05, 3.63) is 22.9 Å². The number of rotatable bonds is 22. The summed E-state index contributed by atoms with van der Waals surface area (Å²) < 4.78 is 16.0. The van der Waals surface area contributed by atoms with Gasteiger partial charge in [0.2, 0.25) is 0 Å². The van der Waals surface area contributed by atoms with Gasteiger partial charge in [-0.1, -0.05) is 105 Å². The average molecular weight is 559 g/mol. The Morgan fingerprint density at radius 1 is 0.526 bits per heavy atom. The molecule has 0 bridgehead atoms. The van der Waals surface area contributed by atoms with Crippen LogP contribution < -0.4 is 9.47 Å². The number of unbranched alkanes of at least 4 members (excludes halogenated alkanes) is 8. The molecule has 3 aromatic rings. The zero-order valence-corrected chi connectivity index (χ0v) is 26.5. The standard InChI is InChI=1S/C34H54O2S2/c1-5-9-13-15-19-27(17-11-7-3)25-35-31-29-21-23-38-34(29)32(30-22-24-37-33(30)31)36-26-28(18-12-8-4)20-16-14-10-6-2/h21-24,27-28H,5-20,25-26H2,1-4H3/t27-,28-/m0/s1. The van der Waals surface area contributed by atoms with Gasteiger partial charge in [0.15, 0.2) is 0 Å². The Morgan fingerprint density at radius 3 is 1.32 bits per heavy atom. The summed E-state index contributed by atoms with van der Waals surface area (Å²) in [6, 6.07) is 4.51. The van der Waals surface area contributed by atoms with Crippen molar-refractivity contribution in [3.8, 4) is 11.5 Å². The van der Waals surface area contributed by atoms with E-state index in [1.165, 1.54) is 123 Å². The Labute approximate surface area is 241 Å². The highest BCUT2D eigenvalue weighted by Crippen LogP contribution is 2.47. The van der Waals surface area contributed by atoms with Crippen molar-refractivity contribution < 1.29 is 9.47 Å². The van der Waals surface area contributed by atoms with Gasteiger partial charge in [-0.25, -0.2) is 0 Å². The zero-order valence-electron chi connectivity index (χ0n) is 24.8. The molecule has 2 aromatic heterocycles. The van der Waals surface area contributed by atoms with Crippen LogP contribution >= 0.6 is 22.7 Å². The quantitative estimate of drug-likeness (QED) is 0.114. The average Bonchev–Trinajstić information content (AvgIpc) is 3.62. The predicted molar refractivity (Wildman–Crippen MR) is 172 cm³/mol. The summed E-state index contributed by atoms with van der Waals surface area (Å²) >= 11 is 3.61. The molecule has 2 nitrogen and oxygen atoms in total. The minimum atomic E-state index is 0.651. The van der Waals surface area contributed by atoms with Crippen LogP contribution in [0.5, 0.6) is 11.5 Å². The molecule has 2 atom stereocenters. The van der Waals surface area contributed by atoms with Gasteiger partial charge < -0.3 is 9.47 Å². The van der Waals surface area contributed by atoms with Gasteiger partial charge in [-0.05, 0) is 60.4 Å². The van der Waals surface area contributed by atoms with Crippen molar-refractivity contribution in [1.29, 1.82) is 0 Å². The van der Waals surface area contributed by atoms with Gasteiger partial charge in [-0.2, -0.15) is 0 Å². The maximum absolute atomic E-state index is 6.74. The van der Waals surface area contributed by atoms with E-state index in [0.29, 0.717) is 11.8 Å². The maximum atomic E-state index is 6.74. The van der Waals surface area contributed by atoms with Crippen molar-refractivity contribution in [3.63, 3.8) is 0 Å². The summed E-state index contributed by atoms with van der Waals surface area (Å²) in [5.41, 5.74) is 0. The molecule has 214 valence electrons. The number of benzene rings is 1. The van der Waals surface area contributed by atoms with Crippen LogP contribution in [-0.4, -0.2) is 13.2 Å². The second kappa shape index (κ2) is 18.2. The Balaban J connectivity index is 1.75. The van der Waals surface area contributed by atoms with E-state index in [4.69, 9.17) is 9.47 Å². The molecule has 0 N–H and O–H groups in total. The van der Waals surface area contributed by atoms with E-state index in [9.17, 15) is 0 Å². The summed E-state index contributed by atoms with van der Waals surface area (Å²) in [7, 11) is 0. The second-order valence-electron chi connectivity index (χ2n) is 11.3. The normalized spacial score (nSPS) is 13.4. The lowest BCUT2D eigenvalue weighted by atomic mass is 9.96. The molecule has 38 heavy (non-hydrogen) atoms. The van der Waals surface area contributed by atoms with Crippen LogP contribution in [0.15, 0.2) is 22.9 Å². The molecule has 0 saturated carbocycles. The lowest BCUT2D eigenvalue weighted by Crippen LogP contribution is -2.14. The van der Waals surface area contributed by atoms with Crippen LogP contribution in [0.3, 0.4) is 0 Å². The number of hydrogen-bond donors (Lipinski definition) is 0. The largest absolute Gasteiger partial charge is 0.491 e. The predicted octanol–water partition coefficient (Wildman–Crippen LogP) is 12.4. The molecule has 0 spiro atoms. The molecule has 0 saturated heterocycles. The summed E-state index contributed by atoms with van der Waals surface area (Å²) in [5.74, 6) is 3.49. The Morgan fingerprint density at radius 2 is 0.921 bits per heavy atom. The molecule has 0 fully saturated rings. The van der Waals surface area contributed by atoms with Crippen molar-refractivity contribution in [2.24, 2.45) is 11.8 Å². The fourth-order valence-electron chi connectivity index (χ4n) is 5.59. The molecule has 1 aromatic carbocycles. The molecule has 4 heteroatoms. The minimum Gasteiger partial charge on any atom is -0.491 e. The first-order valence-electron chi connectivity index (χ1n) is 15.9. The summed E-state index contributed by atoms with van der Waals surface area (Å²) in [6.07, 6.45) is 20.9. The van der Waals surface area contributed by atoms with Gasteiger partial charge in [0.25, 0.3) is 0 Å². The molecule has 2 heterocycles. The third-order valence-corrected chi connectivity index (χ3v) is 9.85. The Bertz CT molecular complexity index is 892. The molecule has 3 rings (SSSR count). The third kappa shape index (κ3) is 9.44. The lowest BCUT2D eigenvalue weighted by molar-refractivity contribution is 0.227. The van der Waals surface area contributed by atoms with Gasteiger partial charge >= 0.3 is 0 Å². The Hall–Kier alpha value is -1.26. The van der Waals surface area contributed by atoms with E-state index in [1.54, 1.807) is 0 Å². The van der Waals surface area contributed by atoms with Crippen molar-refractivity contribution in [2.75, 3.05) is 13.2 Å². The molecular weight excluding hydrogens is 505 g/mol. The molecule has 0 aliphatic rings. The number of thiophene rings is 2. The van der Waals surface area contributed by atoms with E-state index >= 15 is 0 Å². The Kier molecular flexibility index (Phi) is 14.9. The smallest absolute Gasteiger partial charge is 0.146 e. The van der Waals surface area contributed by atoms with E-state index in [0.717, 1.165) is 24.7 Å². The number of hydrogen-bond acceptors (Lipinski definition) is 4. The monoisotopic (exact) mass is 558 g/mol. The SMILES string of the molecule is CCCCCC[C@H](CCCC)COc1c2ccsc2c(OC[C@@H](CCCC)CCCCCC)c2ccsc12. The van der Waals surface area contributed by atoms with Crippen molar-refractivity contribution >= 4 is 42.8 Å². The third-order valence-electron chi connectivity index (χ3n) is 8.02. The van der Waals surface area contributed by atoms with Gasteiger partial charge in [0.1, 0.15) is 11.5 Å². The van der Waals surface area contributed by atoms with Crippen LogP contribution in [0, 0.1) is 11.8 Å². The van der Waals surface area contributed by atoms with Gasteiger partial charge in [-0.3, -0.25) is 0 Å². The van der Waals surface area contributed by atoms with E-state index in [-0.39, 0.29) is 0 Å². The van der Waals surface area contributed by atoms with Gasteiger partial charge in [0.05, 0.1) is 22.6 Å². The second-order valence-corrected chi connectivity index (χ2v) is 13.2. The van der Waals surface area contributed by atoms with Crippen molar-refractivity contribution in [2.45, 2.75) is 130 Å². The maximum Gasteiger partial charge on any atom is 0.146 e. The molecule has 0 radical (unpaired) electrons. The number of fused-ring (bicyclic) bond motifs is 2. The highest BCUT2D eigenvalue weighted by atomic mass is 32.1. The number of ether oxygens (including phenoxy) is 2. The minimum absolute atomic E-state index is 0.651. The molecule has 0 amide bonds. The van der Waals surface area contributed by atoms with Crippen LogP contribution in [0.4, 0.5) is 0 Å². The van der Waals surface area contributed by atoms with E-state index in [2.05, 4.69) is 50.6 Å². The first kappa shape index (κ1) is 31.3. The van der Waals surface area contributed by atoms with Gasteiger partial charge in [0, 0.05) is 10.8 Å². The first-order chi connectivity index (χ1) is 18.7. The van der Waals surface area contributed by atoms with Crippen LogP contribution in [0.25, 0.3) is 20.2 Å². The fourth-order valence-corrected chi connectivity index (χ4v) is 7.40. The molecule has 0 unspecified atom stereocenters. The summed E-state index contributed by atoms with van der Waals surface area (Å²) in [4.78, 5) is 0. The fraction of sp³-hybridized carbons (Fsp3) is 0.706. The highest BCUT2D eigenvalue weighted by Gasteiger charge is 2.21. The van der Waals surface area contributed by atoms with Gasteiger partial charge in [-0.15, -0.1) is 22.7 Å². The van der Waals surface area contributed by atoms with Crippen molar-refractivity contribution in [1.82, 2.24) is 0 Å². The molecule has 0 aliphatic heterocycles. The van der Waals surface area contributed by atoms with Crippen LogP contribution in [0.2, 0.25) is 0 Å². The van der Waals surface area contributed by atoms with Crippen LogP contribution in [0.1, 0.15) is 130 Å². The van der Waals surface area contributed by atoms with Crippen LogP contribution in [-0.2, 0) is 0 Å². The van der Waals surface area contributed by atoms with E-state index in [1.807, 2.05) is 22.7 Å².